The Balaban J connectivity index is 3.06. The van der Waals surface area contributed by atoms with Gasteiger partial charge in [0.2, 0.25) is 0 Å². The Morgan fingerprint density at radius 3 is 2.82 bits per heavy atom. The monoisotopic (exact) mass is 217 g/mol. The number of hydrogen-bond donors (Lipinski definition) is 2. The van der Waals surface area contributed by atoms with Crippen molar-refractivity contribution in [2.24, 2.45) is 4.75 Å². The van der Waals surface area contributed by atoms with Crippen LogP contribution in [0.15, 0.2) is 18.2 Å². The number of hydrogen-bond acceptors (Lipinski definition) is 2. The molecule has 0 bridgehead atoms. The number of rotatable bonds is 2. The van der Waals surface area contributed by atoms with E-state index in [1.54, 1.807) is 12.1 Å². The van der Waals surface area contributed by atoms with Crippen molar-refractivity contribution in [1.29, 1.82) is 0 Å². The zero-order chi connectivity index (χ0) is 8.27. The van der Waals surface area contributed by atoms with Crippen molar-refractivity contribution >= 4 is 19.6 Å². The van der Waals surface area contributed by atoms with E-state index in [0.29, 0.717) is 5.75 Å². The first-order valence-corrected chi connectivity index (χ1v) is 5.31. The molecule has 1 aromatic carbocycles. The molecule has 0 atom stereocenters. The van der Waals surface area contributed by atoms with Gasteiger partial charge in [0.25, 0.3) is 0 Å². The van der Waals surface area contributed by atoms with E-state index in [1.165, 1.54) is 5.56 Å². The van der Waals surface area contributed by atoms with Gasteiger partial charge in [-0.05, 0) is 0 Å². The molecule has 11 heavy (non-hydrogen) atoms. The van der Waals surface area contributed by atoms with Crippen LogP contribution in [0, 0.1) is 0 Å². The number of aryl methyl sites for hydroxylation is 1. The molecule has 0 aliphatic rings. The van der Waals surface area contributed by atoms with Gasteiger partial charge < -0.3 is 0 Å². The topological polar surface area (TPSA) is 46.2 Å². The molecule has 2 nitrogen and oxygen atoms in total. The van der Waals surface area contributed by atoms with Crippen LogP contribution in [-0.2, 0) is 6.42 Å². The van der Waals surface area contributed by atoms with Gasteiger partial charge in [0.1, 0.15) is 0 Å². The van der Waals surface area contributed by atoms with Crippen LogP contribution in [0.4, 0.5) is 0 Å². The molecular formula is C8H11NOSe. The van der Waals surface area contributed by atoms with E-state index in [1.807, 2.05) is 6.07 Å². The van der Waals surface area contributed by atoms with Gasteiger partial charge in [0, 0.05) is 0 Å². The fourth-order valence-corrected chi connectivity index (χ4v) is 2.10. The average molecular weight is 216 g/mol. The predicted octanol–water partition coefficient (Wildman–Crippen LogP) is 0.158. The van der Waals surface area contributed by atoms with Gasteiger partial charge in [0.05, 0.1) is 0 Å². The first-order valence-electron chi connectivity index (χ1n) is 3.46. The van der Waals surface area contributed by atoms with Gasteiger partial charge in [0.15, 0.2) is 0 Å². The quantitative estimate of drug-likeness (QED) is 0.691. The fraction of sp³-hybridized carbons (Fsp3) is 0.250. The molecule has 1 rings (SSSR count). The summed E-state index contributed by atoms with van der Waals surface area (Å²) >= 11 is -0.00984. The summed E-state index contributed by atoms with van der Waals surface area (Å²) in [6, 6.07) is 5.38. The van der Waals surface area contributed by atoms with E-state index in [0.717, 1.165) is 10.9 Å². The number of benzene rings is 1. The molecule has 0 aliphatic heterocycles. The second-order valence-electron chi connectivity index (χ2n) is 2.26. The van der Waals surface area contributed by atoms with E-state index in [4.69, 9.17) is 9.86 Å². The van der Waals surface area contributed by atoms with E-state index in [2.05, 4.69) is 6.92 Å². The molecular weight excluding hydrogens is 205 g/mol. The molecule has 0 amide bonds. The first kappa shape index (κ1) is 8.59. The zero-order valence-corrected chi connectivity index (χ0v) is 8.09. The maximum atomic E-state index is 9.12. The Labute approximate surface area is 72.8 Å². The molecule has 3 heteroatoms. The minimum atomic E-state index is -0.00984. The number of phenolic OH excluding ortho intramolecular Hbond substituents is 1. The second kappa shape index (κ2) is 3.77. The van der Waals surface area contributed by atoms with Crippen molar-refractivity contribution in [2.45, 2.75) is 13.3 Å². The maximum absolute atomic E-state index is 9.12. The molecule has 1 aromatic rings. The molecule has 0 spiro atoms. The average Bonchev–Trinajstić information content (AvgIpc) is 2.04. The summed E-state index contributed by atoms with van der Waals surface area (Å²) < 4.78 is 6.64. The third-order valence-electron chi connectivity index (χ3n) is 1.56. The summed E-state index contributed by atoms with van der Waals surface area (Å²) in [4.78, 5) is 0. The third-order valence-corrected chi connectivity index (χ3v) is 2.89. The number of nitrogens with two attached hydrogens (primary N) is 1. The standard InChI is InChI=1S/C8H11NOSe/c1-2-6-3-4-7(10)5-8(6)11-9/h3-5,10H,2,9H2,1H3. The van der Waals surface area contributed by atoms with Crippen molar-refractivity contribution in [1.82, 2.24) is 0 Å². The molecule has 0 unspecified atom stereocenters. The molecule has 0 heterocycles. The predicted molar refractivity (Wildman–Crippen MR) is 47.1 cm³/mol. The van der Waals surface area contributed by atoms with Crippen LogP contribution in [0.3, 0.4) is 0 Å². The molecule has 0 saturated heterocycles. The van der Waals surface area contributed by atoms with Gasteiger partial charge in [-0.3, -0.25) is 0 Å². The van der Waals surface area contributed by atoms with Crippen molar-refractivity contribution in [3.8, 4) is 5.75 Å². The normalized spacial score (nSPS) is 10.0. The van der Waals surface area contributed by atoms with Crippen molar-refractivity contribution < 1.29 is 5.11 Å². The summed E-state index contributed by atoms with van der Waals surface area (Å²) in [5, 5.41) is 9.12. The molecule has 0 aromatic heterocycles. The first-order chi connectivity index (χ1) is 5.27. The van der Waals surface area contributed by atoms with E-state index >= 15 is 0 Å². The molecule has 0 radical (unpaired) electrons. The van der Waals surface area contributed by atoms with Crippen molar-refractivity contribution in [3.63, 3.8) is 0 Å². The molecule has 0 saturated carbocycles. The van der Waals surface area contributed by atoms with E-state index in [9.17, 15) is 0 Å². The summed E-state index contributed by atoms with van der Waals surface area (Å²) in [7, 11) is 0. The minimum absolute atomic E-state index is 0.00984. The summed E-state index contributed by atoms with van der Waals surface area (Å²) in [5.41, 5.74) is 1.24. The Hall–Kier alpha value is -0.501. The van der Waals surface area contributed by atoms with Crippen LogP contribution in [0.1, 0.15) is 12.5 Å². The molecule has 3 N–H and O–H groups in total. The third kappa shape index (κ3) is 1.96. The SMILES string of the molecule is CCc1ccc(O)cc1[Se]N. The zero-order valence-electron chi connectivity index (χ0n) is 6.37. The Morgan fingerprint density at radius 2 is 2.27 bits per heavy atom. The molecule has 60 valence electrons. The van der Waals surface area contributed by atoms with Crippen LogP contribution in [0.25, 0.3) is 0 Å². The summed E-state index contributed by atoms with van der Waals surface area (Å²) in [6.45, 7) is 2.08. The van der Waals surface area contributed by atoms with Crippen molar-refractivity contribution in [2.75, 3.05) is 0 Å². The summed E-state index contributed by atoms with van der Waals surface area (Å²) in [5.74, 6) is 0.310. The van der Waals surface area contributed by atoms with Crippen LogP contribution in [-0.4, -0.2) is 20.3 Å². The fourth-order valence-electron chi connectivity index (χ4n) is 0.945. The summed E-state index contributed by atoms with van der Waals surface area (Å²) in [6.07, 6.45) is 0.981. The van der Waals surface area contributed by atoms with Gasteiger partial charge in [-0.2, -0.15) is 0 Å². The van der Waals surface area contributed by atoms with E-state index in [-0.39, 0.29) is 15.2 Å². The van der Waals surface area contributed by atoms with Crippen LogP contribution >= 0.6 is 0 Å². The van der Waals surface area contributed by atoms with Gasteiger partial charge in [-0.1, -0.05) is 0 Å². The Morgan fingerprint density at radius 1 is 1.55 bits per heavy atom. The van der Waals surface area contributed by atoms with Gasteiger partial charge in [-0.25, -0.2) is 0 Å². The van der Waals surface area contributed by atoms with Crippen LogP contribution in [0.2, 0.25) is 0 Å². The number of aromatic hydroxyl groups is 1. The van der Waals surface area contributed by atoms with E-state index < -0.39 is 0 Å². The van der Waals surface area contributed by atoms with Crippen molar-refractivity contribution in [3.05, 3.63) is 23.8 Å². The molecule has 0 aliphatic carbocycles. The van der Waals surface area contributed by atoms with Crippen LogP contribution in [0.5, 0.6) is 5.75 Å². The van der Waals surface area contributed by atoms with Gasteiger partial charge >= 0.3 is 72.3 Å². The Kier molecular flexibility index (Phi) is 2.94. The van der Waals surface area contributed by atoms with Crippen LogP contribution < -0.4 is 9.21 Å². The molecule has 0 fully saturated rings. The second-order valence-corrected chi connectivity index (χ2v) is 3.68. The van der Waals surface area contributed by atoms with Gasteiger partial charge in [-0.15, -0.1) is 0 Å². The Bertz CT molecular complexity index is 250. The number of phenols is 1.